The molecule has 2 heterocycles. The van der Waals surface area contributed by atoms with Gasteiger partial charge in [0.05, 0.1) is 12.2 Å². The van der Waals surface area contributed by atoms with E-state index in [1.807, 2.05) is 13.1 Å². The maximum atomic E-state index is 5.32. The highest BCUT2D eigenvalue weighted by Gasteiger charge is 2.23. The van der Waals surface area contributed by atoms with Gasteiger partial charge < -0.3 is 20.1 Å². The summed E-state index contributed by atoms with van der Waals surface area (Å²) in [5.74, 6) is 2.65. The Morgan fingerprint density at radius 1 is 1.22 bits per heavy atom. The minimum Gasteiger partial charge on any atom is -0.359 e. The van der Waals surface area contributed by atoms with Crippen LogP contribution < -0.4 is 10.6 Å². The molecule has 2 aliphatic rings. The van der Waals surface area contributed by atoms with E-state index in [1.54, 1.807) is 0 Å². The first-order valence-corrected chi connectivity index (χ1v) is 10.4. The highest BCUT2D eigenvalue weighted by atomic mass is 127. The summed E-state index contributed by atoms with van der Waals surface area (Å²) in [7, 11) is 1.82. The Morgan fingerprint density at radius 2 is 1.96 bits per heavy atom. The molecular weight excluding hydrogens is 453 g/mol. The average Bonchev–Trinajstić information content (AvgIpc) is 3.15. The van der Waals surface area contributed by atoms with Crippen molar-refractivity contribution < 1.29 is 4.52 Å². The van der Waals surface area contributed by atoms with Crippen LogP contribution >= 0.6 is 24.0 Å². The monoisotopic (exact) mass is 489 g/mol. The molecule has 0 atom stereocenters. The predicted molar refractivity (Wildman–Crippen MR) is 121 cm³/mol. The molecule has 0 bridgehead atoms. The first-order valence-electron chi connectivity index (χ1n) is 10.4. The number of rotatable bonds is 6. The van der Waals surface area contributed by atoms with Gasteiger partial charge >= 0.3 is 0 Å². The molecule has 1 saturated carbocycles. The number of aryl methyl sites for hydroxylation is 1. The lowest BCUT2D eigenvalue weighted by molar-refractivity contribution is 0.160. The van der Waals surface area contributed by atoms with Gasteiger partial charge in [0, 0.05) is 38.8 Å². The lowest BCUT2D eigenvalue weighted by atomic mass is 9.88. The van der Waals surface area contributed by atoms with Crippen LogP contribution in [0.1, 0.15) is 63.3 Å². The van der Waals surface area contributed by atoms with Crippen LogP contribution in [0.4, 0.5) is 0 Å². The van der Waals surface area contributed by atoms with Crippen LogP contribution in [0.5, 0.6) is 0 Å². The Hall–Kier alpha value is -0.830. The number of halogens is 1. The quantitative estimate of drug-likeness (QED) is 0.364. The third-order valence-electron chi connectivity index (χ3n) is 5.79. The summed E-state index contributed by atoms with van der Waals surface area (Å²) in [6, 6.07) is 2.51. The van der Waals surface area contributed by atoms with E-state index < -0.39 is 0 Å². The van der Waals surface area contributed by atoms with E-state index in [9.17, 15) is 0 Å². The number of hydrogen-bond donors (Lipinski definition) is 2. The summed E-state index contributed by atoms with van der Waals surface area (Å²) in [5, 5.41) is 10.9. The van der Waals surface area contributed by atoms with Crippen molar-refractivity contribution in [2.45, 2.75) is 70.9 Å². The van der Waals surface area contributed by atoms with Crippen LogP contribution in [-0.4, -0.2) is 48.7 Å². The third-order valence-corrected chi connectivity index (χ3v) is 5.79. The van der Waals surface area contributed by atoms with E-state index in [1.165, 1.54) is 64.6 Å². The molecule has 1 aromatic heterocycles. The number of aliphatic imine (C=N–C) groups is 1. The maximum absolute atomic E-state index is 5.32. The Morgan fingerprint density at radius 3 is 2.59 bits per heavy atom. The van der Waals surface area contributed by atoms with E-state index in [4.69, 9.17) is 4.52 Å². The Balaban J connectivity index is 0.00000261. The van der Waals surface area contributed by atoms with Crippen molar-refractivity contribution in [2.24, 2.45) is 10.9 Å². The average molecular weight is 489 g/mol. The van der Waals surface area contributed by atoms with Crippen LogP contribution in [0.3, 0.4) is 0 Å². The minimum atomic E-state index is 0. The molecule has 0 aromatic carbocycles. The first kappa shape index (κ1) is 22.5. The van der Waals surface area contributed by atoms with Crippen molar-refractivity contribution in [3.8, 4) is 0 Å². The summed E-state index contributed by atoms with van der Waals surface area (Å²) >= 11 is 0. The second kappa shape index (κ2) is 11.9. The van der Waals surface area contributed by atoms with Gasteiger partial charge in [0.2, 0.25) is 0 Å². The summed E-state index contributed by atoms with van der Waals surface area (Å²) in [5.41, 5.74) is 0.995. The molecular formula is C20H36IN5O. The lowest BCUT2D eigenvalue weighted by Gasteiger charge is -2.36. The minimum absolute atomic E-state index is 0. The SMILES string of the molecule is CCc1cc(CNC(=NC)NC2CCN(CC3CCCCC3)CC2)on1.I. The molecule has 0 spiro atoms. The van der Waals surface area contributed by atoms with Crippen LogP contribution in [0, 0.1) is 5.92 Å². The zero-order chi connectivity index (χ0) is 18.2. The second-order valence-electron chi connectivity index (χ2n) is 7.79. The summed E-state index contributed by atoms with van der Waals surface area (Å²) in [4.78, 5) is 7.03. The highest BCUT2D eigenvalue weighted by molar-refractivity contribution is 14.0. The highest BCUT2D eigenvalue weighted by Crippen LogP contribution is 2.25. The summed E-state index contributed by atoms with van der Waals surface area (Å²) < 4.78 is 5.32. The first-order chi connectivity index (χ1) is 12.8. The molecule has 2 N–H and O–H groups in total. The molecule has 7 heteroatoms. The Kier molecular flexibility index (Phi) is 9.89. The topological polar surface area (TPSA) is 65.7 Å². The molecule has 27 heavy (non-hydrogen) atoms. The van der Waals surface area contributed by atoms with E-state index in [0.29, 0.717) is 12.6 Å². The molecule has 2 fully saturated rings. The number of guanidine groups is 1. The predicted octanol–water partition coefficient (Wildman–Crippen LogP) is 3.56. The molecule has 3 rings (SSSR count). The van der Waals surface area contributed by atoms with Crippen LogP contribution in [-0.2, 0) is 13.0 Å². The van der Waals surface area contributed by atoms with Crippen molar-refractivity contribution >= 4 is 29.9 Å². The van der Waals surface area contributed by atoms with E-state index in [2.05, 4.69) is 32.6 Å². The van der Waals surface area contributed by atoms with Gasteiger partial charge in [0.25, 0.3) is 0 Å². The van der Waals surface area contributed by atoms with Crippen molar-refractivity contribution in [3.05, 3.63) is 17.5 Å². The zero-order valence-electron chi connectivity index (χ0n) is 16.9. The lowest BCUT2D eigenvalue weighted by Crippen LogP contribution is -2.49. The van der Waals surface area contributed by atoms with Gasteiger partial charge in [-0.05, 0) is 38.0 Å². The molecule has 1 saturated heterocycles. The normalized spacial score (nSPS) is 20.3. The Bertz CT molecular complexity index is 562. The van der Waals surface area contributed by atoms with Gasteiger partial charge in [-0.2, -0.15) is 0 Å². The van der Waals surface area contributed by atoms with E-state index in [-0.39, 0.29) is 24.0 Å². The molecule has 1 aliphatic carbocycles. The molecule has 0 amide bonds. The van der Waals surface area contributed by atoms with Crippen LogP contribution in [0.15, 0.2) is 15.6 Å². The zero-order valence-corrected chi connectivity index (χ0v) is 19.2. The van der Waals surface area contributed by atoms with Crippen molar-refractivity contribution in [3.63, 3.8) is 0 Å². The maximum Gasteiger partial charge on any atom is 0.191 e. The van der Waals surface area contributed by atoms with Crippen molar-refractivity contribution in [2.75, 3.05) is 26.7 Å². The number of aromatic nitrogens is 1. The van der Waals surface area contributed by atoms with Crippen LogP contribution in [0.2, 0.25) is 0 Å². The van der Waals surface area contributed by atoms with Gasteiger partial charge in [0.15, 0.2) is 11.7 Å². The largest absolute Gasteiger partial charge is 0.359 e. The number of nitrogens with one attached hydrogen (secondary N) is 2. The molecule has 1 aromatic rings. The fourth-order valence-corrected chi connectivity index (χ4v) is 4.16. The fraction of sp³-hybridized carbons (Fsp3) is 0.800. The molecule has 0 radical (unpaired) electrons. The molecule has 154 valence electrons. The summed E-state index contributed by atoms with van der Waals surface area (Å²) in [6.45, 7) is 6.41. The van der Waals surface area contributed by atoms with E-state index in [0.717, 1.165) is 29.8 Å². The van der Waals surface area contributed by atoms with Gasteiger partial charge in [-0.15, -0.1) is 24.0 Å². The van der Waals surface area contributed by atoms with Gasteiger partial charge in [-0.25, -0.2) is 0 Å². The van der Waals surface area contributed by atoms with Crippen LogP contribution in [0.25, 0.3) is 0 Å². The Labute approximate surface area is 180 Å². The number of hydrogen-bond acceptors (Lipinski definition) is 4. The third kappa shape index (κ3) is 7.25. The fourth-order valence-electron chi connectivity index (χ4n) is 4.16. The summed E-state index contributed by atoms with van der Waals surface area (Å²) in [6.07, 6.45) is 10.5. The van der Waals surface area contributed by atoms with Gasteiger partial charge in [0.1, 0.15) is 0 Å². The van der Waals surface area contributed by atoms with Gasteiger partial charge in [-0.3, -0.25) is 4.99 Å². The number of nitrogens with zero attached hydrogens (tertiary/aromatic N) is 3. The molecule has 6 nitrogen and oxygen atoms in total. The van der Waals surface area contributed by atoms with E-state index >= 15 is 0 Å². The smallest absolute Gasteiger partial charge is 0.191 e. The second-order valence-corrected chi connectivity index (χ2v) is 7.79. The number of likely N-dealkylation sites (tertiary alicyclic amines) is 1. The number of piperidine rings is 1. The molecule has 1 aliphatic heterocycles. The van der Waals surface area contributed by atoms with Crippen molar-refractivity contribution in [1.82, 2.24) is 20.7 Å². The molecule has 0 unspecified atom stereocenters. The van der Waals surface area contributed by atoms with Gasteiger partial charge in [-0.1, -0.05) is 31.3 Å². The van der Waals surface area contributed by atoms with Crippen molar-refractivity contribution in [1.29, 1.82) is 0 Å². The standard InChI is InChI=1S/C20H35N5O.HI/c1-3-17-13-19(26-24-17)14-22-20(21-2)23-18-9-11-25(12-10-18)15-16-7-5-4-6-8-16;/h13,16,18H,3-12,14-15H2,1-2H3,(H2,21,22,23);1H.